The molecule has 4 nitrogen and oxygen atoms in total. The maximum Gasteiger partial charge on any atom is 0.341 e. The van der Waals surface area contributed by atoms with Gasteiger partial charge in [0.15, 0.2) is 0 Å². The Bertz CT molecular complexity index is 614. The van der Waals surface area contributed by atoms with E-state index < -0.39 is 15.0 Å². The zero-order chi connectivity index (χ0) is 16.0. The van der Waals surface area contributed by atoms with E-state index in [0.29, 0.717) is 0 Å². The number of hydrogen-bond acceptors (Lipinski definition) is 4. The second-order valence-electron chi connectivity index (χ2n) is 4.37. The van der Waals surface area contributed by atoms with E-state index in [-0.39, 0.29) is 27.1 Å². The molecule has 0 saturated heterocycles. The normalized spacial score (nSPS) is 11.4. The van der Waals surface area contributed by atoms with Crippen molar-refractivity contribution in [3.63, 3.8) is 0 Å². The summed E-state index contributed by atoms with van der Waals surface area (Å²) in [7, 11) is 1.18. The molecule has 0 unspecified atom stereocenters. The first-order chi connectivity index (χ1) is 9.79. The zero-order valence-corrected chi connectivity index (χ0v) is 14.4. The summed E-state index contributed by atoms with van der Waals surface area (Å²) in [5.41, 5.74) is -0.185. The van der Waals surface area contributed by atoms with Crippen molar-refractivity contribution in [3.05, 3.63) is 27.7 Å². The van der Waals surface area contributed by atoms with Crippen LogP contribution in [0.25, 0.3) is 0 Å². The summed E-state index contributed by atoms with van der Waals surface area (Å²) in [6.45, 7) is 2.30. The van der Waals surface area contributed by atoms with Crippen molar-refractivity contribution in [2.45, 2.75) is 37.5 Å². The highest BCUT2D eigenvalue weighted by Crippen LogP contribution is 2.33. The molecule has 0 atom stereocenters. The number of unbranched alkanes of at least 4 members (excludes halogenated alkanes) is 3. The Morgan fingerprint density at radius 2 is 1.86 bits per heavy atom. The second kappa shape index (κ2) is 8.22. The van der Waals surface area contributed by atoms with E-state index in [1.165, 1.54) is 6.07 Å². The fraction of sp³-hybridized carbons (Fsp3) is 0.462. The number of halogens is 3. The molecule has 0 aromatic heterocycles. The fourth-order valence-electron chi connectivity index (χ4n) is 1.67. The van der Waals surface area contributed by atoms with Crippen LogP contribution in [0.1, 0.15) is 43.0 Å². The van der Waals surface area contributed by atoms with Crippen molar-refractivity contribution >= 4 is 48.9 Å². The molecule has 118 valence electrons. The van der Waals surface area contributed by atoms with Crippen LogP contribution in [0.4, 0.5) is 0 Å². The van der Waals surface area contributed by atoms with Crippen molar-refractivity contribution < 1.29 is 17.9 Å². The molecule has 0 aliphatic carbocycles. The summed E-state index contributed by atoms with van der Waals surface area (Å²) in [6, 6.07) is 2.39. The molecule has 0 aliphatic heterocycles. The third-order valence-electron chi connectivity index (χ3n) is 2.75. The smallest absolute Gasteiger partial charge is 0.341 e. The van der Waals surface area contributed by atoms with Crippen LogP contribution in [0.15, 0.2) is 17.0 Å². The molecular formula is C13H15Cl3O4S. The first-order valence-corrected chi connectivity index (χ1v) is 9.45. The first kappa shape index (κ1) is 18.6. The number of ether oxygens (including phenoxy) is 1. The van der Waals surface area contributed by atoms with E-state index >= 15 is 0 Å². The van der Waals surface area contributed by atoms with Crippen molar-refractivity contribution in [1.29, 1.82) is 0 Å². The van der Waals surface area contributed by atoms with Crippen molar-refractivity contribution in [2.24, 2.45) is 0 Å². The number of carbonyl (C=O) groups excluding carboxylic acids is 1. The van der Waals surface area contributed by atoms with Gasteiger partial charge in [-0.05, 0) is 18.6 Å². The Morgan fingerprint density at radius 3 is 2.43 bits per heavy atom. The van der Waals surface area contributed by atoms with Crippen LogP contribution < -0.4 is 0 Å². The number of benzene rings is 1. The van der Waals surface area contributed by atoms with E-state index in [9.17, 15) is 13.2 Å². The van der Waals surface area contributed by atoms with Gasteiger partial charge in [-0.3, -0.25) is 0 Å². The number of esters is 1. The molecule has 0 N–H and O–H groups in total. The molecule has 0 fully saturated rings. The van der Waals surface area contributed by atoms with E-state index in [1.54, 1.807) is 0 Å². The Kier molecular flexibility index (Phi) is 7.27. The SMILES string of the molecule is CCCCCCOC(=O)c1c(Cl)ccc(S(=O)(=O)Cl)c1Cl. The summed E-state index contributed by atoms with van der Waals surface area (Å²) in [5, 5.41) is -0.307. The molecule has 1 rings (SSSR count). The Hall–Kier alpha value is -0.490. The molecule has 0 amide bonds. The highest BCUT2D eigenvalue weighted by molar-refractivity contribution is 8.13. The Labute approximate surface area is 138 Å². The lowest BCUT2D eigenvalue weighted by atomic mass is 10.2. The van der Waals surface area contributed by atoms with Gasteiger partial charge in [-0.25, -0.2) is 13.2 Å². The predicted molar refractivity (Wildman–Crippen MR) is 83.9 cm³/mol. The lowest BCUT2D eigenvalue weighted by Crippen LogP contribution is -2.09. The summed E-state index contributed by atoms with van der Waals surface area (Å²) in [5.74, 6) is -0.760. The molecule has 1 aromatic rings. The van der Waals surface area contributed by atoms with Crippen molar-refractivity contribution in [1.82, 2.24) is 0 Å². The van der Waals surface area contributed by atoms with E-state index in [2.05, 4.69) is 6.92 Å². The molecular weight excluding hydrogens is 359 g/mol. The average molecular weight is 374 g/mol. The lowest BCUT2D eigenvalue weighted by Gasteiger charge is -2.10. The van der Waals surface area contributed by atoms with Crippen LogP contribution in [-0.4, -0.2) is 21.0 Å². The van der Waals surface area contributed by atoms with Gasteiger partial charge in [0, 0.05) is 10.7 Å². The van der Waals surface area contributed by atoms with E-state index in [4.69, 9.17) is 38.6 Å². The lowest BCUT2D eigenvalue weighted by molar-refractivity contribution is 0.0498. The van der Waals surface area contributed by atoms with E-state index in [0.717, 1.165) is 31.7 Å². The number of hydrogen-bond donors (Lipinski definition) is 0. The third-order valence-corrected chi connectivity index (χ3v) is 4.94. The highest BCUT2D eigenvalue weighted by Gasteiger charge is 2.24. The molecule has 0 aliphatic rings. The molecule has 0 radical (unpaired) electrons. The quantitative estimate of drug-likeness (QED) is 0.396. The van der Waals surface area contributed by atoms with Crippen molar-refractivity contribution in [3.8, 4) is 0 Å². The summed E-state index contributed by atoms with van der Waals surface area (Å²) >= 11 is 11.8. The van der Waals surface area contributed by atoms with E-state index in [1.807, 2.05) is 0 Å². The van der Waals surface area contributed by atoms with Gasteiger partial charge < -0.3 is 4.74 Å². The van der Waals surface area contributed by atoms with Crippen LogP contribution in [0.3, 0.4) is 0 Å². The summed E-state index contributed by atoms with van der Waals surface area (Å²) < 4.78 is 27.8. The monoisotopic (exact) mass is 372 g/mol. The highest BCUT2D eigenvalue weighted by atomic mass is 35.7. The largest absolute Gasteiger partial charge is 0.462 e. The standard InChI is InChI=1S/C13H15Cl3O4S/c1-2-3-4-5-8-20-13(17)11-9(14)6-7-10(12(11)15)21(16,18)19/h6-7H,2-5,8H2,1H3. The number of carbonyl (C=O) groups is 1. The fourth-order valence-corrected chi connectivity index (χ4v) is 3.56. The van der Waals surface area contributed by atoms with Crippen molar-refractivity contribution in [2.75, 3.05) is 6.61 Å². The molecule has 0 heterocycles. The topological polar surface area (TPSA) is 60.4 Å². The van der Waals surface area contributed by atoms with Crippen LogP contribution in [0, 0.1) is 0 Å². The second-order valence-corrected chi connectivity index (χ2v) is 7.69. The molecule has 1 aromatic carbocycles. The average Bonchev–Trinajstić information content (AvgIpc) is 2.37. The van der Waals surface area contributed by atoms with Gasteiger partial charge in [0.1, 0.15) is 4.90 Å². The van der Waals surface area contributed by atoms with Gasteiger partial charge in [-0.1, -0.05) is 49.4 Å². The zero-order valence-electron chi connectivity index (χ0n) is 11.4. The summed E-state index contributed by atoms with van der Waals surface area (Å²) in [4.78, 5) is 11.6. The molecule has 8 heteroatoms. The van der Waals surface area contributed by atoms with Crippen LogP contribution in [0.5, 0.6) is 0 Å². The first-order valence-electron chi connectivity index (χ1n) is 6.38. The van der Waals surface area contributed by atoms with Gasteiger partial charge in [0.05, 0.1) is 22.2 Å². The van der Waals surface area contributed by atoms with Gasteiger partial charge in [0.25, 0.3) is 9.05 Å². The summed E-state index contributed by atoms with van der Waals surface area (Å²) in [6.07, 6.45) is 3.80. The van der Waals surface area contributed by atoms with Gasteiger partial charge in [-0.2, -0.15) is 0 Å². The van der Waals surface area contributed by atoms with Crippen LogP contribution >= 0.6 is 33.9 Å². The Morgan fingerprint density at radius 1 is 1.19 bits per heavy atom. The maximum atomic E-state index is 12.0. The van der Waals surface area contributed by atoms with Crippen LogP contribution in [-0.2, 0) is 13.8 Å². The van der Waals surface area contributed by atoms with Gasteiger partial charge in [-0.15, -0.1) is 0 Å². The van der Waals surface area contributed by atoms with Gasteiger partial charge >= 0.3 is 5.97 Å². The third kappa shape index (κ3) is 5.33. The maximum absolute atomic E-state index is 12.0. The van der Waals surface area contributed by atoms with Crippen LogP contribution in [0.2, 0.25) is 10.0 Å². The molecule has 0 saturated carbocycles. The Balaban J connectivity index is 2.89. The molecule has 0 spiro atoms. The van der Waals surface area contributed by atoms with Gasteiger partial charge in [0.2, 0.25) is 0 Å². The predicted octanol–water partition coefficient (Wildman–Crippen LogP) is 4.66. The minimum Gasteiger partial charge on any atom is -0.462 e. The molecule has 0 bridgehead atoms. The number of rotatable bonds is 7. The minimum atomic E-state index is -4.06. The molecule has 21 heavy (non-hydrogen) atoms. The minimum absolute atomic E-state index is 0.0163.